The van der Waals surface area contributed by atoms with E-state index in [1.807, 2.05) is 20.8 Å². The molecule has 0 radical (unpaired) electrons. The lowest BCUT2D eigenvalue weighted by Gasteiger charge is -2.23. The molecule has 0 aromatic heterocycles. The van der Waals surface area contributed by atoms with Gasteiger partial charge in [-0.3, -0.25) is 9.79 Å². The Hall–Kier alpha value is -1.99. The van der Waals surface area contributed by atoms with E-state index in [2.05, 4.69) is 20.5 Å². The molecule has 0 aliphatic carbocycles. The maximum Gasteiger partial charge on any atom is 0.407 e. The molecule has 1 aliphatic rings. The van der Waals surface area contributed by atoms with Gasteiger partial charge in [0.1, 0.15) is 5.60 Å². The van der Waals surface area contributed by atoms with Crippen molar-refractivity contribution in [1.29, 1.82) is 0 Å². The van der Waals surface area contributed by atoms with E-state index >= 15 is 0 Å². The van der Waals surface area contributed by atoms with Crippen molar-refractivity contribution in [3.63, 3.8) is 0 Å². The first-order valence-corrected chi connectivity index (χ1v) is 8.27. The SMILES string of the molecule is CN=C(NCCC(=O)N(C)C)N1CCC(NC(=O)OC(C)(C)C)C1. The van der Waals surface area contributed by atoms with E-state index in [9.17, 15) is 9.59 Å². The minimum atomic E-state index is -0.501. The number of carbonyl (C=O) groups is 2. The molecule has 8 nitrogen and oxygen atoms in total. The first-order valence-electron chi connectivity index (χ1n) is 8.27. The number of rotatable bonds is 4. The van der Waals surface area contributed by atoms with Gasteiger partial charge < -0.3 is 25.2 Å². The molecule has 1 unspecified atom stereocenters. The Morgan fingerprint density at radius 1 is 1.33 bits per heavy atom. The number of carbonyl (C=O) groups excluding carboxylic acids is 2. The minimum Gasteiger partial charge on any atom is -0.444 e. The van der Waals surface area contributed by atoms with Crippen LogP contribution in [0, 0.1) is 0 Å². The van der Waals surface area contributed by atoms with Gasteiger partial charge in [-0.2, -0.15) is 0 Å². The van der Waals surface area contributed by atoms with Crippen LogP contribution in [-0.4, -0.2) is 80.2 Å². The Labute approximate surface area is 144 Å². The lowest BCUT2D eigenvalue weighted by molar-refractivity contribution is -0.128. The van der Waals surface area contributed by atoms with E-state index in [1.54, 1.807) is 26.0 Å². The fourth-order valence-corrected chi connectivity index (χ4v) is 2.38. The summed E-state index contributed by atoms with van der Waals surface area (Å²) in [6, 6.07) is 0.0295. The van der Waals surface area contributed by atoms with E-state index in [4.69, 9.17) is 4.74 Å². The smallest absolute Gasteiger partial charge is 0.407 e. The number of hydrogen-bond acceptors (Lipinski definition) is 4. The van der Waals surface area contributed by atoms with E-state index in [-0.39, 0.29) is 11.9 Å². The van der Waals surface area contributed by atoms with Gasteiger partial charge in [0, 0.05) is 47.2 Å². The summed E-state index contributed by atoms with van der Waals surface area (Å²) in [5, 5.41) is 6.08. The maximum absolute atomic E-state index is 11.8. The van der Waals surface area contributed by atoms with Crippen LogP contribution in [0.15, 0.2) is 4.99 Å². The van der Waals surface area contributed by atoms with Crippen LogP contribution in [0.25, 0.3) is 0 Å². The summed E-state index contributed by atoms with van der Waals surface area (Å²) in [5.41, 5.74) is -0.501. The molecule has 0 spiro atoms. The van der Waals surface area contributed by atoms with Crippen LogP contribution in [-0.2, 0) is 9.53 Å². The van der Waals surface area contributed by atoms with Crippen molar-refractivity contribution < 1.29 is 14.3 Å². The number of ether oxygens (including phenoxy) is 1. The number of alkyl carbamates (subject to hydrolysis) is 1. The molecule has 1 aliphatic heterocycles. The van der Waals surface area contributed by atoms with E-state index < -0.39 is 11.7 Å². The number of aliphatic imine (C=N–C) groups is 1. The highest BCUT2D eigenvalue weighted by molar-refractivity contribution is 5.81. The zero-order valence-corrected chi connectivity index (χ0v) is 15.7. The van der Waals surface area contributed by atoms with Crippen molar-refractivity contribution in [2.45, 2.75) is 45.3 Å². The molecular weight excluding hydrogens is 310 g/mol. The maximum atomic E-state index is 11.8. The van der Waals surface area contributed by atoms with E-state index in [0.29, 0.717) is 19.5 Å². The van der Waals surface area contributed by atoms with Gasteiger partial charge in [-0.25, -0.2) is 4.79 Å². The summed E-state index contributed by atoms with van der Waals surface area (Å²) in [4.78, 5) is 31.3. The summed E-state index contributed by atoms with van der Waals surface area (Å²) in [7, 11) is 5.19. The number of nitrogens with one attached hydrogen (secondary N) is 2. The zero-order chi connectivity index (χ0) is 18.3. The topological polar surface area (TPSA) is 86.3 Å². The monoisotopic (exact) mass is 341 g/mol. The third-order valence-electron chi connectivity index (χ3n) is 3.54. The molecule has 2 N–H and O–H groups in total. The predicted octanol–water partition coefficient (Wildman–Crippen LogP) is 0.639. The molecule has 0 saturated carbocycles. The summed E-state index contributed by atoms with van der Waals surface area (Å²) in [5.74, 6) is 0.818. The quantitative estimate of drug-likeness (QED) is 0.579. The predicted molar refractivity (Wildman–Crippen MR) is 94.0 cm³/mol. The van der Waals surface area contributed by atoms with Crippen LogP contribution in [0.4, 0.5) is 4.79 Å². The highest BCUT2D eigenvalue weighted by Crippen LogP contribution is 2.12. The number of guanidine groups is 1. The van der Waals surface area contributed by atoms with E-state index in [1.165, 1.54) is 0 Å². The van der Waals surface area contributed by atoms with Crippen LogP contribution in [0.3, 0.4) is 0 Å². The average Bonchev–Trinajstić information content (AvgIpc) is 2.89. The number of likely N-dealkylation sites (tertiary alicyclic amines) is 1. The molecule has 8 heteroatoms. The molecule has 0 bridgehead atoms. The van der Waals surface area contributed by atoms with Gasteiger partial charge in [0.25, 0.3) is 0 Å². The molecule has 138 valence electrons. The molecule has 1 rings (SSSR count). The molecule has 1 fully saturated rings. The second kappa shape index (κ2) is 8.75. The van der Waals surface area contributed by atoms with E-state index in [0.717, 1.165) is 18.9 Å². The van der Waals surface area contributed by atoms with Gasteiger partial charge >= 0.3 is 6.09 Å². The molecule has 0 aromatic carbocycles. The van der Waals surface area contributed by atoms with Gasteiger partial charge in [0.15, 0.2) is 5.96 Å². The number of amides is 2. The molecule has 24 heavy (non-hydrogen) atoms. The Bertz CT molecular complexity index is 471. The lowest BCUT2D eigenvalue weighted by Crippen LogP contribution is -2.44. The second-order valence-electron chi connectivity index (χ2n) is 7.09. The summed E-state index contributed by atoms with van der Waals surface area (Å²) in [6.45, 7) is 7.52. The van der Waals surface area contributed by atoms with Crippen LogP contribution in [0.2, 0.25) is 0 Å². The molecule has 2 amide bonds. The summed E-state index contributed by atoms with van der Waals surface area (Å²) < 4.78 is 5.28. The third-order valence-corrected chi connectivity index (χ3v) is 3.54. The zero-order valence-electron chi connectivity index (χ0n) is 15.7. The van der Waals surface area contributed by atoms with Crippen molar-refractivity contribution in [3.05, 3.63) is 0 Å². The van der Waals surface area contributed by atoms with Gasteiger partial charge in [-0.1, -0.05) is 0 Å². The van der Waals surface area contributed by atoms with Crippen molar-refractivity contribution in [2.75, 3.05) is 40.8 Å². The van der Waals surface area contributed by atoms with Crippen molar-refractivity contribution in [2.24, 2.45) is 4.99 Å². The Morgan fingerprint density at radius 3 is 2.54 bits per heavy atom. The highest BCUT2D eigenvalue weighted by atomic mass is 16.6. The van der Waals surface area contributed by atoms with Crippen molar-refractivity contribution in [1.82, 2.24) is 20.4 Å². The first kappa shape index (κ1) is 20.1. The summed E-state index contributed by atoms with van der Waals surface area (Å²) >= 11 is 0. The lowest BCUT2D eigenvalue weighted by atomic mass is 10.2. The van der Waals surface area contributed by atoms with Gasteiger partial charge in [-0.05, 0) is 27.2 Å². The van der Waals surface area contributed by atoms with Gasteiger partial charge in [0.05, 0.1) is 6.04 Å². The van der Waals surface area contributed by atoms with Crippen LogP contribution < -0.4 is 10.6 Å². The standard InChI is InChI=1S/C16H31N5O3/c1-16(2,3)24-15(23)19-12-8-10-21(11-12)14(17-4)18-9-7-13(22)20(5)6/h12H,7-11H2,1-6H3,(H,17,18)(H,19,23). The number of nitrogens with zero attached hydrogens (tertiary/aromatic N) is 3. The molecule has 1 saturated heterocycles. The van der Waals surface area contributed by atoms with Crippen LogP contribution >= 0.6 is 0 Å². The Morgan fingerprint density at radius 2 is 2.00 bits per heavy atom. The van der Waals surface area contributed by atoms with Gasteiger partial charge in [0.2, 0.25) is 5.91 Å². The largest absolute Gasteiger partial charge is 0.444 e. The molecule has 0 aromatic rings. The number of hydrogen-bond donors (Lipinski definition) is 2. The van der Waals surface area contributed by atoms with Crippen molar-refractivity contribution in [3.8, 4) is 0 Å². The second-order valence-corrected chi connectivity index (χ2v) is 7.09. The van der Waals surface area contributed by atoms with Crippen LogP contribution in [0.5, 0.6) is 0 Å². The fourth-order valence-electron chi connectivity index (χ4n) is 2.38. The average molecular weight is 341 g/mol. The molecule has 1 atom stereocenters. The minimum absolute atomic E-state index is 0.0295. The Kier molecular flexibility index (Phi) is 7.31. The van der Waals surface area contributed by atoms with Gasteiger partial charge in [-0.15, -0.1) is 0 Å². The Balaban J connectivity index is 2.40. The third kappa shape index (κ3) is 7.06. The summed E-state index contributed by atoms with van der Waals surface area (Å²) in [6.07, 6.45) is 0.851. The van der Waals surface area contributed by atoms with Crippen molar-refractivity contribution >= 4 is 18.0 Å². The highest BCUT2D eigenvalue weighted by Gasteiger charge is 2.27. The molecule has 1 heterocycles. The molecular formula is C16H31N5O3. The fraction of sp³-hybridized carbons (Fsp3) is 0.812. The normalized spacial score (nSPS) is 18.3. The van der Waals surface area contributed by atoms with Crippen LogP contribution in [0.1, 0.15) is 33.6 Å². The first-order chi connectivity index (χ1) is 11.1.